The molecule has 0 aromatic carbocycles. The monoisotopic (exact) mass is 280 g/mol. The molecule has 2 fully saturated rings. The van der Waals surface area contributed by atoms with Crippen molar-refractivity contribution in [2.24, 2.45) is 17.3 Å². The first-order valence-electron chi connectivity index (χ1n) is 8.99. The molecule has 2 aliphatic carbocycles. The first-order valence-corrected chi connectivity index (χ1v) is 8.99. The molecule has 0 aromatic heterocycles. The van der Waals surface area contributed by atoms with Crippen LogP contribution >= 0.6 is 0 Å². The second-order valence-corrected chi connectivity index (χ2v) is 8.06. The van der Waals surface area contributed by atoms with Gasteiger partial charge in [0.2, 0.25) is 0 Å². The zero-order valence-corrected chi connectivity index (χ0v) is 14.3. The summed E-state index contributed by atoms with van der Waals surface area (Å²) in [6.45, 7) is 14.5. The number of nitrogens with zero attached hydrogens (tertiary/aromatic N) is 1. The van der Waals surface area contributed by atoms with Gasteiger partial charge in [0.05, 0.1) is 0 Å². The van der Waals surface area contributed by atoms with Gasteiger partial charge in [0.25, 0.3) is 0 Å². The SMILES string of the molecule is CCN(CC(C)C)CC1(CNC2CC2)CCC(C)CC1. The summed E-state index contributed by atoms with van der Waals surface area (Å²) in [5.41, 5.74) is 0.556. The summed E-state index contributed by atoms with van der Waals surface area (Å²) < 4.78 is 0. The molecule has 2 nitrogen and oxygen atoms in total. The topological polar surface area (TPSA) is 15.3 Å². The molecule has 2 heteroatoms. The zero-order chi connectivity index (χ0) is 14.6. The van der Waals surface area contributed by atoms with E-state index in [1.54, 1.807) is 0 Å². The Bertz CT molecular complexity index is 275. The summed E-state index contributed by atoms with van der Waals surface area (Å²) >= 11 is 0. The molecular formula is C18H36N2. The normalized spacial score (nSPS) is 31.2. The molecule has 0 radical (unpaired) electrons. The van der Waals surface area contributed by atoms with Gasteiger partial charge in [-0.15, -0.1) is 0 Å². The van der Waals surface area contributed by atoms with E-state index < -0.39 is 0 Å². The third kappa shape index (κ3) is 5.04. The van der Waals surface area contributed by atoms with Crippen LogP contribution in [-0.4, -0.2) is 37.1 Å². The summed E-state index contributed by atoms with van der Waals surface area (Å²) in [6.07, 6.45) is 8.56. The third-order valence-corrected chi connectivity index (χ3v) is 5.31. The van der Waals surface area contributed by atoms with Crippen molar-refractivity contribution in [2.75, 3.05) is 26.2 Å². The summed E-state index contributed by atoms with van der Waals surface area (Å²) in [5, 5.41) is 3.84. The molecule has 0 aromatic rings. The maximum atomic E-state index is 3.84. The van der Waals surface area contributed by atoms with E-state index in [0.717, 1.165) is 17.9 Å². The maximum Gasteiger partial charge on any atom is 0.00684 e. The smallest absolute Gasteiger partial charge is 0.00684 e. The van der Waals surface area contributed by atoms with Crippen LogP contribution in [0.25, 0.3) is 0 Å². The van der Waals surface area contributed by atoms with Gasteiger partial charge in [-0.25, -0.2) is 0 Å². The minimum Gasteiger partial charge on any atom is -0.313 e. The highest BCUT2D eigenvalue weighted by Gasteiger charge is 2.37. The fourth-order valence-corrected chi connectivity index (χ4v) is 3.71. The van der Waals surface area contributed by atoms with E-state index in [0.29, 0.717) is 5.41 Å². The van der Waals surface area contributed by atoms with Crippen molar-refractivity contribution >= 4 is 0 Å². The Morgan fingerprint density at radius 3 is 2.30 bits per heavy atom. The lowest BCUT2D eigenvalue weighted by molar-refractivity contribution is 0.0826. The first kappa shape index (κ1) is 16.3. The van der Waals surface area contributed by atoms with Gasteiger partial charge in [-0.2, -0.15) is 0 Å². The van der Waals surface area contributed by atoms with E-state index in [1.165, 1.54) is 64.7 Å². The van der Waals surface area contributed by atoms with Gasteiger partial charge < -0.3 is 10.2 Å². The Hall–Kier alpha value is -0.0800. The average molecular weight is 280 g/mol. The van der Waals surface area contributed by atoms with Gasteiger partial charge in [0, 0.05) is 25.7 Å². The number of nitrogens with one attached hydrogen (secondary N) is 1. The molecule has 1 N–H and O–H groups in total. The van der Waals surface area contributed by atoms with Crippen LogP contribution in [0, 0.1) is 17.3 Å². The van der Waals surface area contributed by atoms with E-state index in [1.807, 2.05) is 0 Å². The second-order valence-electron chi connectivity index (χ2n) is 8.06. The second kappa shape index (κ2) is 7.26. The van der Waals surface area contributed by atoms with Crippen LogP contribution in [0.5, 0.6) is 0 Å². The van der Waals surface area contributed by atoms with Gasteiger partial charge in [-0.05, 0) is 49.5 Å². The van der Waals surface area contributed by atoms with Crippen molar-refractivity contribution < 1.29 is 0 Å². The molecular weight excluding hydrogens is 244 g/mol. The molecule has 118 valence electrons. The van der Waals surface area contributed by atoms with Crippen molar-refractivity contribution in [1.29, 1.82) is 0 Å². The van der Waals surface area contributed by atoms with Crippen LogP contribution in [0.2, 0.25) is 0 Å². The van der Waals surface area contributed by atoms with Crippen molar-refractivity contribution in [3.8, 4) is 0 Å². The highest BCUT2D eigenvalue weighted by molar-refractivity contribution is 4.92. The van der Waals surface area contributed by atoms with Crippen molar-refractivity contribution in [3.63, 3.8) is 0 Å². The Labute approximate surface area is 126 Å². The summed E-state index contributed by atoms with van der Waals surface area (Å²) in [5.74, 6) is 1.73. The van der Waals surface area contributed by atoms with Crippen LogP contribution < -0.4 is 5.32 Å². The number of hydrogen-bond donors (Lipinski definition) is 1. The summed E-state index contributed by atoms with van der Waals surface area (Å²) in [7, 11) is 0. The molecule has 0 heterocycles. The molecule has 2 rings (SSSR count). The van der Waals surface area contributed by atoms with E-state index in [-0.39, 0.29) is 0 Å². The fraction of sp³-hybridized carbons (Fsp3) is 1.00. The molecule has 0 saturated heterocycles. The fourth-order valence-electron chi connectivity index (χ4n) is 3.71. The van der Waals surface area contributed by atoms with Crippen molar-refractivity contribution in [2.45, 2.75) is 72.3 Å². The van der Waals surface area contributed by atoms with Gasteiger partial charge in [-0.3, -0.25) is 0 Å². The highest BCUT2D eigenvalue weighted by Crippen LogP contribution is 2.40. The standard InChI is InChI=1S/C18H36N2/c1-5-20(12-15(2)3)14-18(13-19-17-6-7-17)10-8-16(4)9-11-18/h15-17,19H,5-14H2,1-4H3. The average Bonchev–Trinajstić information content (AvgIpc) is 3.23. The molecule has 0 spiro atoms. The van der Waals surface area contributed by atoms with Crippen LogP contribution in [0.15, 0.2) is 0 Å². The minimum absolute atomic E-state index is 0.556. The van der Waals surface area contributed by atoms with Gasteiger partial charge >= 0.3 is 0 Å². The van der Waals surface area contributed by atoms with Crippen LogP contribution in [0.3, 0.4) is 0 Å². The summed E-state index contributed by atoms with van der Waals surface area (Å²) in [6, 6.07) is 0.853. The Morgan fingerprint density at radius 2 is 1.80 bits per heavy atom. The lowest BCUT2D eigenvalue weighted by Crippen LogP contribution is -2.47. The van der Waals surface area contributed by atoms with Crippen molar-refractivity contribution in [3.05, 3.63) is 0 Å². The highest BCUT2D eigenvalue weighted by atomic mass is 15.1. The molecule has 0 atom stereocenters. The molecule has 20 heavy (non-hydrogen) atoms. The van der Waals surface area contributed by atoms with Crippen LogP contribution in [0.1, 0.15) is 66.2 Å². The lowest BCUT2D eigenvalue weighted by atomic mass is 9.70. The minimum atomic E-state index is 0.556. The Balaban J connectivity index is 1.92. The molecule has 0 unspecified atom stereocenters. The van der Waals surface area contributed by atoms with Gasteiger partial charge in [0.1, 0.15) is 0 Å². The van der Waals surface area contributed by atoms with Crippen LogP contribution in [-0.2, 0) is 0 Å². The zero-order valence-electron chi connectivity index (χ0n) is 14.3. The van der Waals surface area contributed by atoms with Crippen LogP contribution in [0.4, 0.5) is 0 Å². The van der Waals surface area contributed by atoms with E-state index in [4.69, 9.17) is 0 Å². The van der Waals surface area contributed by atoms with E-state index >= 15 is 0 Å². The largest absolute Gasteiger partial charge is 0.313 e. The van der Waals surface area contributed by atoms with E-state index in [2.05, 4.69) is 37.9 Å². The molecule has 2 saturated carbocycles. The molecule has 0 bridgehead atoms. The summed E-state index contributed by atoms with van der Waals surface area (Å²) in [4.78, 5) is 2.70. The predicted octanol–water partition coefficient (Wildman–Crippen LogP) is 3.91. The quantitative estimate of drug-likeness (QED) is 0.725. The van der Waals surface area contributed by atoms with E-state index in [9.17, 15) is 0 Å². The molecule has 2 aliphatic rings. The Kier molecular flexibility index (Phi) is 5.92. The third-order valence-electron chi connectivity index (χ3n) is 5.31. The van der Waals surface area contributed by atoms with Crippen molar-refractivity contribution in [1.82, 2.24) is 10.2 Å². The molecule has 0 amide bonds. The number of hydrogen-bond acceptors (Lipinski definition) is 2. The first-order chi connectivity index (χ1) is 9.53. The maximum absolute atomic E-state index is 3.84. The number of rotatable bonds is 8. The predicted molar refractivity (Wildman–Crippen MR) is 88.0 cm³/mol. The lowest BCUT2D eigenvalue weighted by Gasteiger charge is -2.43. The van der Waals surface area contributed by atoms with Gasteiger partial charge in [0.15, 0.2) is 0 Å². The molecule has 0 aliphatic heterocycles. The Morgan fingerprint density at radius 1 is 1.15 bits per heavy atom. The van der Waals surface area contributed by atoms with Gasteiger partial charge in [-0.1, -0.05) is 40.5 Å².